The van der Waals surface area contributed by atoms with Crippen LogP contribution < -0.4 is 4.90 Å². The van der Waals surface area contributed by atoms with Gasteiger partial charge >= 0.3 is 5.97 Å². The van der Waals surface area contributed by atoms with Gasteiger partial charge in [0, 0.05) is 23.7 Å². The Bertz CT molecular complexity index is 1460. The lowest BCUT2D eigenvalue weighted by molar-refractivity contribution is 0.0600. The number of hydrogen-bond donors (Lipinski definition) is 0. The highest BCUT2D eigenvalue weighted by molar-refractivity contribution is 6.19. The van der Waals surface area contributed by atoms with Gasteiger partial charge in [-0.3, -0.25) is 4.79 Å². The zero-order valence-corrected chi connectivity index (χ0v) is 22.7. The smallest absolute Gasteiger partial charge is 0.337 e. The molecule has 0 fully saturated rings. The molecule has 190 valence electrons. The van der Waals surface area contributed by atoms with E-state index in [0.29, 0.717) is 11.1 Å². The summed E-state index contributed by atoms with van der Waals surface area (Å²) in [7, 11) is 3.45. The Labute approximate surface area is 219 Å². The molecule has 0 spiro atoms. The first-order chi connectivity index (χ1) is 17.4. The number of hydrogen-bond acceptors (Lipinski definition) is 5. The molecule has 0 bridgehead atoms. The predicted octanol–water partition coefficient (Wildman–Crippen LogP) is 7.28. The van der Waals surface area contributed by atoms with Crippen molar-refractivity contribution < 1.29 is 14.3 Å². The second-order valence-corrected chi connectivity index (χ2v) is 11.5. The highest BCUT2D eigenvalue weighted by atomic mass is 16.5. The summed E-state index contributed by atoms with van der Waals surface area (Å²) < 4.78 is 4.89. The monoisotopic (exact) mass is 494 g/mol. The molecule has 0 amide bonds. The Morgan fingerprint density at radius 2 is 1.43 bits per heavy atom. The van der Waals surface area contributed by atoms with Crippen LogP contribution in [-0.4, -0.2) is 31.6 Å². The molecule has 3 aromatic rings. The molecule has 0 aromatic heterocycles. The average molecular weight is 495 g/mol. The van der Waals surface area contributed by atoms with Crippen LogP contribution >= 0.6 is 0 Å². The van der Waals surface area contributed by atoms with Gasteiger partial charge in [-0.15, -0.1) is 0 Å². The number of aliphatic imine (C=N–C) groups is 1. The minimum Gasteiger partial charge on any atom is -0.465 e. The molecule has 0 unspecified atom stereocenters. The molecule has 37 heavy (non-hydrogen) atoms. The van der Waals surface area contributed by atoms with Gasteiger partial charge in [-0.05, 0) is 84.2 Å². The van der Waals surface area contributed by atoms with Crippen LogP contribution in [0.2, 0.25) is 0 Å². The van der Waals surface area contributed by atoms with Crippen molar-refractivity contribution in [2.24, 2.45) is 4.99 Å². The van der Waals surface area contributed by atoms with Crippen LogP contribution in [0.1, 0.15) is 90.4 Å². The largest absolute Gasteiger partial charge is 0.465 e. The van der Waals surface area contributed by atoms with Crippen LogP contribution in [0.4, 0.5) is 17.1 Å². The van der Waals surface area contributed by atoms with E-state index in [1.165, 1.54) is 18.2 Å². The second kappa shape index (κ2) is 8.69. The molecule has 0 saturated heterocycles. The van der Waals surface area contributed by atoms with Crippen molar-refractivity contribution in [1.82, 2.24) is 0 Å². The summed E-state index contributed by atoms with van der Waals surface area (Å²) in [5.74, 6) is -0.366. The Hall–Kier alpha value is -3.73. The highest BCUT2D eigenvalue weighted by Crippen LogP contribution is 2.50. The summed E-state index contributed by atoms with van der Waals surface area (Å²) in [4.78, 5) is 31.6. The van der Waals surface area contributed by atoms with Crippen LogP contribution in [0.5, 0.6) is 0 Å². The number of carbonyl (C=O) groups excluding carboxylic acids is 2. The van der Waals surface area contributed by atoms with Crippen molar-refractivity contribution in [3.05, 3.63) is 88.0 Å². The van der Waals surface area contributed by atoms with Gasteiger partial charge in [0.2, 0.25) is 0 Å². The molecular formula is C32H34N2O3. The van der Waals surface area contributed by atoms with E-state index >= 15 is 0 Å². The molecule has 5 nitrogen and oxygen atoms in total. The maximum atomic E-state index is 12.2. The number of rotatable bonds is 3. The van der Waals surface area contributed by atoms with E-state index in [1.54, 1.807) is 19.1 Å². The molecule has 2 aliphatic rings. The predicted molar refractivity (Wildman–Crippen MR) is 149 cm³/mol. The SMILES string of the molecule is COC(=O)c1ccc(C2=Nc3cc(C(C)=O)ccc3N(C)c3cc4c(cc32)C(C)(C)CCC4(C)C)cc1. The summed E-state index contributed by atoms with van der Waals surface area (Å²) in [5, 5.41) is 0. The van der Waals surface area contributed by atoms with E-state index in [9.17, 15) is 9.59 Å². The first-order valence-corrected chi connectivity index (χ1v) is 12.8. The minimum atomic E-state index is -0.371. The second-order valence-electron chi connectivity index (χ2n) is 11.5. The zero-order chi connectivity index (χ0) is 26.7. The van der Waals surface area contributed by atoms with Gasteiger partial charge in [0.1, 0.15) is 0 Å². The topological polar surface area (TPSA) is 59.0 Å². The quantitative estimate of drug-likeness (QED) is 0.284. The molecule has 1 heterocycles. The molecular weight excluding hydrogens is 460 g/mol. The first kappa shape index (κ1) is 24.9. The molecule has 1 aliphatic heterocycles. The number of esters is 1. The fraction of sp³-hybridized carbons (Fsp3) is 0.344. The summed E-state index contributed by atoms with van der Waals surface area (Å²) in [6.07, 6.45) is 2.24. The lowest BCUT2D eigenvalue weighted by atomic mass is 9.62. The summed E-state index contributed by atoms with van der Waals surface area (Å²) in [6.45, 7) is 10.9. The molecule has 5 heteroatoms. The lowest BCUT2D eigenvalue weighted by Crippen LogP contribution is -2.34. The Kier molecular flexibility index (Phi) is 5.86. The maximum Gasteiger partial charge on any atom is 0.337 e. The maximum absolute atomic E-state index is 12.2. The van der Waals surface area contributed by atoms with Gasteiger partial charge in [-0.25, -0.2) is 9.79 Å². The van der Waals surface area contributed by atoms with Crippen LogP contribution in [0.25, 0.3) is 0 Å². The van der Waals surface area contributed by atoms with E-state index in [2.05, 4.69) is 51.8 Å². The number of fused-ring (bicyclic) bond motifs is 3. The average Bonchev–Trinajstić information content (AvgIpc) is 3.00. The summed E-state index contributed by atoms with van der Waals surface area (Å²) >= 11 is 0. The number of ketones is 1. The third-order valence-corrected chi connectivity index (χ3v) is 8.14. The van der Waals surface area contributed by atoms with Gasteiger partial charge < -0.3 is 9.64 Å². The first-order valence-electron chi connectivity index (χ1n) is 12.8. The van der Waals surface area contributed by atoms with Crippen LogP contribution in [-0.2, 0) is 15.6 Å². The molecule has 1 aliphatic carbocycles. The van der Waals surface area contributed by atoms with Gasteiger partial charge in [-0.1, -0.05) is 39.8 Å². The molecule has 0 saturated carbocycles. The Balaban J connectivity index is 1.81. The number of Topliss-reactive ketones (excluding diaryl/α,β-unsaturated/α-hetero) is 1. The van der Waals surface area contributed by atoms with E-state index in [1.807, 2.05) is 30.3 Å². The normalized spacial score (nSPS) is 17.1. The molecule has 0 atom stereocenters. The summed E-state index contributed by atoms with van der Waals surface area (Å²) in [5.41, 5.74) is 9.48. The van der Waals surface area contributed by atoms with Crippen molar-refractivity contribution in [3.63, 3.8) is 0 Å². The van der Waals surface area contributed by atoms with Gasteiger partial charge in [0.25, 0.3) is 0 Å². The molecule has 3 aromatic carbocycles. The van der Waals surface area contributed by atoms with Crippen LogP contribution in [0.15, 0.2) is 59.6 Å². The van der Waals surface area contributed by atoms with Crippen molar-refractivity contribution in [2.45, 2.75) is 58.3 Å². The third-order valence-electron chi connectivity index (χ3n) is 8.14. The summed E-state index contributed by atoms with van der Waals surface area (Å²) in [6, 6.07) is 17.8. The van der Waals surface area contributed by atoms with E-state index in [0.717, 1.165) is 46.7 Å². The number of carbonyl (C=O) groups is 2. The van der Waals surface area contributed by atoms with Crippen molar-refractivity contribution in [3.8, 4) is 0 Å². The van der Waals surface area contributed by atoms with Gasteiger partial charge in [-0.2, -0.15) is 0 Å². The standard InChI is InChI=1S/C32H34N2O3/c1-19(35)22-12-13-27-26(16-22)33-29(20-8-10-21(11-9-20)30(36)37-7)23-17-24-25(18-28(23)34(27)6)32(4,5)15-14-31(24,2)3/h8-13,16-18H,14-15H2,1-7H3. The van der Waals surface area contributed by atoms with Gasteiger partial charge in [0.05, 0.1) is 35.4 Å². The Morgan fingerprint density at radius 1 is 0.838 bits per heavy atom. The number of ether oxygens (including phenoxy) is 1. The van der Waals surface area contributed by atoms with Crippen molar-refractivity contribution in [2.75, 3.05) is 19.1 Å². The zero-order valence-electron chi connectivity index (χ0n) is 22.7. The van der Waals surface area contributed by atoms with Gasteiger partial charge in [0.15, 0.2) is 5.78 Å². The van der Waals surface area contributed by atoms with E-state index < -0.39 is 0 Å². The minimum absolute atomic E-state index is 0.00496. The fourth-order valence-electron chi connectivity index (χ4n) is 5.60. The molecule has 0 N–H and O–H groups in total. The fourth-order valence-corrected chi connectivity index (χ4v) is 5.60. The number of nitrogens with zero attached hydrogens (tertiary/aromatic N) is 2. The van der Waals surface area contributed by atoms with E-state index in [-0.39, 0.29) is 22.6 Å². The number of anilines is 2. The third kappa shape index (κ3) is 4.16. The lowest BCUT2D eigenvalue weighted by Gasteiger charge is -2.43. The van der Waals surface area contributed by atoms with E-state index in [4.69, 9.17) is 9.73 Å². The molecule has 5 rings (SSSR count). The highest BCUT2D eigenvalue weighted by Gasteiger charge is 2.39. The number of benzene rings is 3. The number of methoxy groups -OCH3 is 1. The Morgan fingerprint density at radius 3 is 2.03 bits per heavy atom. The van der Waals surface area contributed by atoms with Crippen molar-refractivity contribution >= 4 is 34.5 Å². The van der Waals surface area contributed by atoms with Crippen LogP contribution in [0, 0.1) is 0 Å². The van der Waals surface area contributed by atoms with Crippen LogP contribution in [0.3, 0.4) is 0 Å². The molecule has 0 radical (unpaired) electrons. The van der Waals surface area contributed by atoms with Crippen molar-refractivity contribution in [1.29, 1.82) is 0 Å².